The number of carbonyl (C=O) groups excluding carboxylic acids is 1. The molecule has 3 rings (SSSR count). The highest BCUT2D eigenvalue weighted by Crippen LogP contribution is 2.50. The van der Waals surface area contributed by atoms with Gasteiger partial charge in [0.2, 0.25) is 5.91 Å². The van der Waals surface area contributed by atoms with E-state index in [0.29, 0.717) is 17.5 Å². The van der Waals surface area contributed by atoms with Gasteiger partial charge in [-0.25, -0.2) is 0 Å². The Kier molecular flexibility index (Phi) is 3.79. The first kappa shape index (κ1) is 14.2. The molecule has 0 atom stereocenters. The molecule has 0 radical (unpaired) electrons. The van der Waals surface area contributed by atoms with Crippen LogP contribution >= 0.6 is 0 Å². The normalized spacial score (nSPS) is 20.1. The quantitative estimate of drug-likeness (QED) is 0.906. The Morgan fingerprint density at radius 1 is 1.14 bits per heavy atom. The number of nitrogens with one attached hydrogen (secondary N) is 1. The van der Waals surface area contributed by atoms with E-state index >= 15 is 0 Å². The van der Waals surface area contributed by atoms with E-state index in [9.17, 15) is 4.79 Å². The molecule has 21 heavy (non-hydrogen) atoms. The number of ether oxygens (including phenoxy) is 2. The van der Waals surface area contributed by atoms with Crippen LogP contribution in [-0.4, -0.2) is 26.2 Å². The molecule has 114 valence electrons. The van der Waals surface area contributed by atoms with Gasteiger partial charge in [-0.15, -0.1) is 0 Å². The van der Waals surface area contributed by atoms with E-state index in [0.717, 1.165) is 31.2 Å². The van der Waals surface area contributed by atoms with E-state index in [-0.39, 0.29) is 11.3 Å². The molecule has 0 spiro atoms. The second kappa shape index (κ2) is 5.58. The van der Waals surface area contributed by atoms with Crippen LogP contribution in [0.2, 0.25) is 0 Å². The number of benzene rings is 1. The molecule has 1 N–H and O–H groups in total. The molecule has 2 aliphatic rings. The fraction of sp³-hybridized carbons (Fsp3) is 0.588. The number of rotatable bonds is 5. The van der Waals surface area contributed by atoms with Crippen LogP contribution < -0.4 is 14.8 Å². The van der Waals surface area contributed by atoms with Gasteiger partial charge in [0.15, 0.2) is 11.5 Å². The first-order valence-electron chi connectivity index (χ1n) is 7.73. The van der Waals surface area contributed by atoms with Crippen LogP contribution in [0, 0.1) is 0 Å². The van der Waals surface area contributed by atoms with E-state index in [1.54, 1.807) is 14.2 Å². The van der Waals surface area contributed by atoms with Gasteiger partial charge in [0.05, 0.1) is 19.6 Å². The lowest BCUT2D eigenvalue weighted by atomic mass is 9.94. The van der Waals surface area contributed by atoms with Gasteiger partial charge in [-0.1, -0.05) is 18.9 Å². The first-order chi connectivity index (χ1) is 10.2. The monoisotopic (exact) mass is 289 g/mol. The van der Waals surface area contributed by atoms with Gasteiger partial charge in [-0.3, -0.25) is 4.79 Å². The second-order valence-electron chi connectivity index (χ2n) is 6.11. The Labute approximate surface area is 125 Å². The van der Waals surface area contributed by atoms with Gasteiger partial charge in [-0.05, 0) is 43.4 Å². The largest absolute Gasteiger partial charge is 0.493 e. The number of hydrogen-bond acceptors (Lipinski definition) is 3. The summed E-state index contributed by atoms with van der Waals surface area (Å²) in [6.45, 7) is 0. The zero-order valence-electron chi connectivity index (χ0n) is 12.8. The summed E-state index contributed by atoms with van der Waals surface area (Å²) in [4.78, 5) is 12.7. The number of methoxy groups -OCH3 is 2. The lowest BCUT2D eigenvalue weighted by Crippen LogP contribution is -2.40. The van der Waals surface area contributed by atoms with Crippen molar-refractivity contribution < 1.29 is 14.3 Å². The third-order valence-electron chi connectivity index (χ3n) is 4.81. The fourth-order valence-corrected chi connectivity index (χ4v) is 3.30. The van der Waals surface area contributed by atoms with E-state index in [1.807, 2.05) is 18.2 Å². The van der Waals surface area contributed by atoms with Crippen molar-refractivity contribution in [3.8, 4) is 11.5 Å². The summed E-state index contributed by atoms with van der Waals surface area (Å²) in [7, 11) is 3.25. The minimum absolute atomic E-state index is 0.182. The molecular weight excluding hydrogens is 266 g/mol. The van der Waals surface area contributed by atoms with E-state index < -0.39 is 0 Å². The van der Waals surface area contributed by atoms with Gasteiger partial charge in [0.25, 0.3) is 0 Å². The Bertz CT molecular complexity index is 531. The zero-order valence-corrected chi connectivity index (χ0v) is 12.8. The maximum Gasteiger partial charge on any atom is 0.230 e. The molecule has 0 unspecified atom stereocenters. The maximum absolute atomic E-state index is 12.7. The molecule has 4 nitrogen and oxygen atoms in total. The summed E-state index contributed by atoms with van der Waals surface area (Å²) in [6, 6.07) is 6.19. The fourth-order valence-electron chi connectivity index (χ4n) is 3.30. The molecule has 0 saturated heterocycles. The van der Waals surface area contributed by atoms with Gasteiger partial charge in [0.1, 0.15) is 0 Å². The van der Waals surface area contributed by atoms with Crippen molar-refractivity contribution in [2.24, 2.45) is 0 Å². The van der Waals surface area contributed by atoms with Crippen LogP contribution in [0.15, 0.2) is 18.2 Å². The van der Waals surface area contributed by atoms with Gasteiger partial charge >= 0.3 is 0 Å². The molecule has 0 aromatic heterocycles. The van der Waals surface area contributed by atoms with Crippen molar-refractivity contribution in [2.45, 2.75) is 50.0 Å². The number of amides is 1. The molecule has 2 fully saturated rings. The Morgan fingerprint density at radius 2 is 1.81 bits per heavy atom. The third-order valence-corrected chi connectivity index (χ3v) is 4.81. The SMILES string of the molecule is COc1ccc(C2(C(=O)NC3CCCC3)CC2)cc1OC. The molecule has 4 heteroatoms. The predicted molar refractivity (Wildman–Crippen MR) is 80.9 cm³/mol. The highest BCUT2D eigenvalue weighted by Gasteiger charge is 2.52. The van der Waals surface area contributed by atoms with Crippen LogP contribution in [0.25, 0.3) is 0 Å². The second-order valence-corrected chi connectivity index (χ2v) is 6.11. The van der Waals surface area contributed by atoms with E-state index in [4.69, 9.17) is 9.47 Å². The Morgan fingerprint density at radius 3 is 2.38 bits per heavy atom. The number of carbonyl (C=O) groups is 1. The Balaban J connectivity index is 1.79. The smallest absolute Gasteiger partial charge is 0.230 e. The molecule has 1 aromatic carbocycles. The van der Waals surface area contributed by atoms with Crippen LogP contribution in [0.5, 0.6) is 11.5 Å². The molecular formula is C17H23NO3. The standard InChI is InChI=1S/C17H23NO3/c1-20-14-8-7-12(11-15(14)21-2)17(9-10-17)16(19)18-13-5-3-4-6-13/h7-8,11,13H,3-6,9-10H2,1-2H3,(H,18,19). The van der Waals surface area contributed by atoms with Crippen molar-refractivity contribution in [1.82, 2.24) is 5.32 Å². The Hall–Kier alpha value is -1.71. The molecule has 0 bridgehead atoms. The average molecular weight is 289 g/mol. The van der Waals surface area contributed by atoms with Crippen LogP contribution in [-0.2, 0) is 10.2 Å². The molecule has 1 aromatic rings. The van der Waals surface area contributed by atoms with Gasteiger partial charge < -0.3 is 14.8 Å². The van der Waals surface area contributed by atoms with Crippen molar-refractivity contribution >= 4 is 5.91 Å². The van der Waals surface area contributed by atoms with Crippen molar-refractivity contribution in [3.05, 3.63) is 23.8 Å². The summed E-state index contributed by atoms with van der Waals surface area (Å²) in [5.41, 5.74) is 0.693. The topological polar surface area (TPSA) is 47.6 Å². The van der Waals surface area contributed by atoms with Crippen molar-refractivity contribution in [3.63, 3.8) is 0 Å². The molecule has 2 saturated carbocycles. The third kappa shape index (κ3) is 2.59. The summed E-state index contributed by atoms with van der Waals surface area (Å²) < 4.78 is 10.6. The summed E-state index contributed by atoms with van der Waals surface area (Å²) in [6.07, 6.45) is 6.53. The highest BCUT2D eigenvalue weighted by atomic mass is 16.5. The van der Waals surface area contributed by atoms with Gasteiger partial charge in [0, 0.05) is 6.04 Å². The molecule has 1 amide bonds. The van der Waals surface area contributed by atoms with Crippen molar-refractivity contribution in [2.75, 3.05) is 14.2 Å². The van der Waals surface area contributed by atoms with Gasteiger partial charge in [-0.2, -0.15) is 0 Å². The minimum atomic E-state index is -0.345. The average Bonchev–Trinajstić information content (AvgIpc) is 3.18. The number of hydrogen-bond donors (Lipinski definition) is 1. The molecule has 0 heterocycles. The first-order valence-corrected chi connectivity index (χ1v) is 7.73. The molecule has 0 aliphatic heterocycles. The zero-order chi connectivity index (χ0) is 14.9. The predicted octanol–water partition coefficient (Wildman–Crippen LogP) is 2.79. The maximum atomic E-state index is 12.7. The summed E-state index contributed by atoms with van der Waals surface area (Å²) >= 11 is 0. The summed E-state index contributed by atoms with van der Waals surface area (Å²) in [5.74, 6) is 1.57. The van der Waals surface area contributed by atoms with Crippen molar-refractivity contribution in [1.29, 1.82) is 0 Å². The van der Waals surface area contributed by atoms with Crippen LogP contribution in [0.3, 0.4) is 0 Å². The lowest BCUT2D eigenvalue weighted by molar-refractivity contribution is -0.124. The lowest BCUT2D eigenvalue weighted by Gasteiger charge is -2.20. The van der Waals surface area contributed by atoms with Crippen LogP contribution in [0.4, 0.5) is 0 Å². The summed E-state index contributed by atoms with van der Waals surface area (Å²) in [5, 5.41) is 3.24. The van der Waals surface area contributed by atoms with E-state index in [1.165, 1.54) is 12.8 Å². The van der Waals surface area contributed by atoms with E-state index in [2.05, 4.69) is 5.32 Å². The molecule has 2 aliphatic carbocycles. The van der Waals surface area contributed by atoms with Crippen LogP contribution in [0.1, 0.15) is 44.1 Å². The highest BCUT2D eigenvalue weighted by molar-refractivity contribution is 5.91. The minimum Gasteiger partial charge on any atom is -0.493 e.